The van der Waals surface area contributed by atoms with Crippen molar-refractivity contribution < 1.29 is 24.2 Å². The molecule has 2 rings (SSSR count). The number of hydrogen-bond donors (Lipinski definition) is 2. The molecule has 8 heteroatoms. The van der Waals surface area contributed by atoms with Gasteiger partial charge in [0.05, 0.1) is 26.8 Å². The van der Waals surface area contributed by atoms with E-state index in [0.29, 0.717) is 17.1 Å². The average molecular weight is 305 g/mol. The van der Waals surface area contributed by atoms with E-state index in [1.807, 2.05) is 11.4 Å². The van der Waals surface area contributed by atoms with E-state index in [1.165, 1.54) is 19.1 Å². The molecule has 1 saturated heterocycles. The third kappa shape index (κ3) is 2.74. The molecule has 0 aromatic heterocycles. The van der Waals surface area contributed by atoms with Gasteiger partial charge >= 0.3 is 6.09 Å². The Hall–Kier alpha value is -2.95. The van der Waals surface area contributed by atoms with Gasteiger partial charge in [-0.1, -0.05) is 0 Å². The van der Waals surface area contributed by atoms with Crippen molar-refractivity contribution in [1.82, 2.24) is 10.2 Å². The van der Waals surface area contributed by atoms with Crippen LogP contribution in [-0.4, -0.2) is 48.3 Å². The lowest BCUT2D eigenvalue weighted by atomic mass is 9.95. The Balaban J connectivity index is 2.16. The average Bonchev–Trinajstić information content (AvgIpc) is 2.52. The van der Waals surface area contributed by atoms with Crippen molar-refractivity contribution in [2.24, 2.45) is 0 Å². The number of nitrogens with one attached hydrogen (secondary N) is 1. The van der Waals surface area contributed by atoms with Crippen molar-refractivity contribution in [2.45, 2.75) is 18.6 Å². The molecule has 0 aliphatic carbocycles. The zero-order chi connectivity index (χ0) is 16.3. The van der Waals surface area contributed by atoms with E-state index in [0.717, 1.165) is 0 Å². The Morgan fingerprint density at radius 2 is 2.18 bits per heavy atom. The fourth-order valence-corrected chi connectivity index (χ4v) is 2.31. The number of carbonyl (C=O) groups excluding carboxylic acids is 1. The normalized spacial score (nSPS) is 19.9. The monoisotopic (exact) mass is 305 g/mol. The molecular weight excluding hydrogens is 290 g/mol. The lowest BCUT2D eigenvalue weighted by Gasteiger charge is -2.42. The highest BCUT2D eigenvalue weighted by Crippen LogP contribution is 2.29. The first kappa shape index (κ1) is 15.4. The summed E-state index contributed by atoms with van der Waals surface area (Å²) in [6.07, 6.45) is -1.33. The van der Waals surface area contributed by atoms with E-state index in [4.69, 9.17) is 19.8 Å². The van der Waals surface area contributed by atoms with Crippen LogP contribution in [0.1, 0.15) is 5.56 Å². The summed E-state index contributed by atoms with van der Waals surface area (Å²) >= 11 is 0. The van der Waals surface area contributed by atoms with Gasteiger partial charge in [-0.05, 0) is 12.1 Å². The Labute approximate surface area is 126 Å². The number of β-lactam (4-membered cyclic amide) rings is 1. The molecule has 0 bridgehead atoms. The molecule has 1 fully saturated rings. The smallest absolute Gasteiger partial charge is 0.405 e. The van der Waals surface area contributed by atoms with Gasteiger partial charge in [0.1, 0.15) is 23.6 Å². The SMILES string of the molecule is COc1ccc(CN2C(=O)C(NC(=O)O)C2C#N)c(OC)c1. The molecule has 1 aromatic carbocycles. The number of carboxylic acid groups (broad SMARTS) is 1. The molecule has 2 atom stereocenters. The number of nitriles is 1. The van der Waals surface area contributed by atoms with Crippen molar-refractivity contribution in [3.63, 3.8) is 0 Å². The molecule has 2 unspecified atom stereocenters. The highest BCUT2D eigenvalue weighted by Gasteiger charge is 2.48. The third-order valence-electron chi connectivity index (χ3n) is 3.45. The highest BCUT2D eigenvalue weighted by molar-refractivity contribution is 5.93. The van der Waals surface area contributed by atoms with E-state index in [2.05, 4.69) is 0 Å². The number of benzene rings is 1. The first-order chi connectivity index (χ1) is 10.5. The van der Waals surface area contributed by atoms with Gasteiger partial charge in [0.15, 0.2) is 0 Å². The topological polar surface area (TPSA) is 112 Å². The van der Waals surface area contributed by atoms with E-state index in [-0.39, 0.29) is 6.54 Å². The number of amides is 2. The maximum Gasteiger partial charge on any atom is 0.405 e. The minimum Gasteiger partial charge on any atom is -0.497 e. The van der Waals surface area contributed by atoms with Crippen LogP contribution in [0.4, 0.5) is 4.79 Å². The molecule has 1 heterocycles. The molecule has 2 amide bonds. The fourth-order valence-electron chi connectivity index (χ4n) is 2.31. The second kappa shape index (κ2) is 6.22. The van der Waals surface area contributed by atoms with Crippen molar-refractivity contribution in [2.75, 3.05) is 14.2 Å². The maximum absolute atomic E-state index is 12.0. The summed E-state index contributed by atoms with van der Waals surface area (Å²) in [6, 6.07) is 5.20. The Morgan fingerprint density at radius 3 is 2.73 bits per heavy atom. The standard InChI is InChI=1S/C14H15N3O5/c1-21-9-4-3-8(11(5-9)22-2)7-17-10(6-15)12(13(17)18)16-14(19)20/h3-5,10,12,16H,7H2,1-2H3,(H,19,20). The zero-order valence-electron chi connectivity index (χ0n) is 12.1. The number of ether oxygens (including phenoxy) is 2. The molecule has 1 aliphatic rings. The van der Waals surface area contributed by atoms with Gasteiger partial charge in [0, 0.05) is 11.6 Å². The minimum atomic E-state index is -1.33. The van der Waals surface area contributed by atoms with Crippen LogP contribution in [0.3, 0.4) is 0 Å². The summed E-state index contributed by atoms with van der Waals surface area (Å²) in [5.41, 5.74) is 0.700. The van der Waals surface area contributed by atoms with E-state index in [9.17, 15) is 9.59 Å². The van der Waals surface area contributed by atoms with Crippen LogP contribution in [0, 0.1) is 11.3 Å². The summed E-state index contributed by atoms with van der Waals surface area (Å²) in [5.74, 6) is 0.697. The van der Waals surface area contributed by atoms with Gasteiger partial charge in [-0.3, -0.25) is 4.79 Å². The number of likely N-dealkylation sites (tertiary alicyclic amines) is 1. The molecule has 0 saturated carbocycles. The van der Waals surface area contributed by atoms with Crippen LogP contribution in [0.15, 0.2) is 18.2 Å². The predicted molar refractivity (Wildman–Crippen MR) is 74.4 cm³/mol. The fraction of sp³-hybridized carbons (Fsp3) is 0.357. The Morgan fingerprint density at radius 1 is 1.45 bits per heavy atom. The molecule has 2 N–H and O–H groups in total. The quantitative estimate of drug-likeness (QED) is 0.769. The van der Waals surface area contributed by atoms with Gasteiger partial charge in [0.25, 0.3) is 0 Å². The number of nitrogens with zero attached hydrogens (tertiary/aromatic N) is 2. The van der Waals surface area contributed by atoms with Gasteiger partial charge in [-0.25, -0.2) is 4.79 Å². The molecule has 1 aromatic rings. The van der Waals surface area contributed by atoms with Gasteiger partial charge < -0.3 is 24.8 Å². The Bertz CT molecular complexity index is 640. The summed E-state index contributed by atoms with van der Waals surface area (Å²) in [7, 11) is 3.02. The number of rotatable bonds is 5. The maximum atomic E-state index is 12.0. The van der Waals surface area contributed by atoms with Gasteiger partial charge in [-0.2, -0.15) is 5.26 Å². The summed E-state index contributed by atoms with van der Waals surface area (Å²) < 4.78 is 10.3. The largest absolute Gasteiger partial charge is 0.497 e. The molecule has 1 aliphatic heterocycles. The van der Waals surface area contributed by atoms with E-state index < -0.39 is 24.1 Å². The second-order valence-electron chi connectivity index (χ2n) is 4.65. The van der Waals surface area contributed by atoms with Crippen LogP contribution in [0.5, 0.6) is 11.5 Å². The zero-order valence-corrected chi connectivity index (χ0v) is 12.1. The lowest BCUT2D eigenvalue weighted by Crippen LogP contribution is -2.69. The molecule has 0 radical (unpaired) electrons. The van der Waals surface area contributed by atoms with E-state index >= 15 is 0 Å². The Kier molecular flexibility index (Phi) is 4.36. The summed E-state index contributed by atoms with van der Waals surface area (Å²) in [6.45, 7) is 0.155. The molecule has 116 valence electrons. The lowest BCUT2D eigenvalue weighted by molar-refractivity contribution is -0.148. The third-order valence-corrected chi connectivity index (χ3v) is 3.45. The van der Waals surface area contributed by atoms with Crippen molar-refractivity contribution in [3.05, 3.63) is 23.8 Å². The summed E-state index contributed by atoms with van der Waals surface area (Å²) in [4.78, 5) is 23.9. The molecule has 22 heavy (non-hydrogen) atoms. The van der Waals surface area contributed by atoms with Crippen molar-refractivity contribution >= 4 is 12.0 Å². The minimum absolute atomic E-state index is 0.155. The van der Waals surface area contributed by atoms with Crippen LogP contribution in [0.25, 0.3) is 0 Å². The number of methoxy groups -OCH3 is 2. The molecule has 8 nitrogen and oxygen atoms in total. The van der Waals surface area contributed by atoms with Crippen molar-refractivity contribution in [3.8, 4) is 17.6 Å². The van der Waals surface area contributed by atoms with E-state index in [1.54, 1.807) is 18.2 Å². The van der Waals surface area contributed by atoms with Crippen LogP contribution < -0.4 is 14.8 Å². The van der Waals surface area contributed by atoms with Crippen LogP contribution in [-0.2, 0) is 11.3 Å². The van der Waals surface area contributed by atoms with Crippen LogP contribution in [0.2, 0.25) is 0 Å². The van der Waals surface area contributed by atoms with Crippen molar-refractivity contribution in [1.29, 1.82) is 5.26 Å². The van der Waals surface area contributed by atoms with Crippen LogP contribution >= 0.6 is 0 Å². The highest BCUT2D eigenvalue weighted by atomic mass is 16.5. The first-order valence-corrected chi connectivity index (χ1v) is 6.42. The second-order valence-corrected chi connectivity index (χ2v) is 4.65. The predicted octanol–water partition coefficient (Wildman–Crippen LogP) is 0.574. The number of carbonyl (C=O) groups is 2. The van der Waals surface area contributed by atoms with Gasteiger partial charge in [0.2, 0.25) is 5.91 Å². The molecule has 0 spiro atoms. The first-order valence-electron chi connectivity index (χ1n) is 6.42. The molecular formula is C14H15N3O5. The number of hydrogen-bond acceptors (Lipinski definition) is 5. The van der Waals surface area contributed by atoms with Gasteiger partial charge in [-0.15, -0.1) is 0 Å². The summed E-state index contributed by atoms with van der Waals surface area (Å²) in [5, 5.41) is 19.8.